The Morgan fingerprint density at radius 1 is 1.14 bits per heavy atom. The number of carbonyl (C=O) groups is 2. The average molecular weight is 304 g/mol. The first-order valence-corrected chi connectivity index (χ1v) is 5.98. The van der Waals surface area contributed by atoms with E-state index in [1.165, 1.54) is 0 Å². The van der Waals surface area contributed by atoms with Crippen molar-refractivity contribution in [3.8, 4) is 0 Å². The number of urea groups is 1. The maximum Gasteiger partial charge on any atom is 0.326 e. The van der Waals surface area contributed by atoms with Gasteiger partial charge in [-0.2, -0.15) is 0 Å². The van der Waals surface area contributed by atoms with Gasteiger partial charge in [0, 0.05) is 0 Å². The average Bonchev–Trinajstić information content (AvgIpc) is 2.35. The molecule has 0 bridgehead atoms. The lowest BCUT2D eigenvalue weighted by Gasteiger charge is -2.27. The molecule has 0 spiro atoms. The number of nitrogens with one attached hydrogen (secondary N) is 2. The number of benzene rings is 1. The molecule has 0 heterocycles. The summed E-state index contributed by atoms with van der Waals surface area (Å²) < 4.78 is 39.1. The molecule has 1 atom stereocenters. The third-order valence-electron chi connectivity index (χ3n) is 2.67. The van der Waals surface area contributed by atoms with Crippen molar-refractivity contribution in [2.24, 2.45) is 5.41 Å². The van der Waals surface area contributed by atoms with Crippen LogP contribution in [0.15, 0.2) is 12.1 Å². The molecule has 0 aliphatic heterocycles. The van der Waals surface area contributed by atoms with Gasteiger partial charge in [-0.05, 0) is 17.5 Å². The third-order valence-corrected chi connectivity index (χ3v) is 2.67. The van der Waals surface area contributed by atoms with Crippen molar-refractivity contribution in [2.45, 2.75) is 26.8 Å². The van der Waals surface area contributed by atoms with Gasteiger partial charge in [0.1, 0.15) is 6.04 Å². The highest BCUT2D eigenvalue weighted by Gasteiger charge is 2.32. The Hall–Kier alpha value is -2.25. The minimum absolute atomic E-state index is 0.593. The van der Waals surface area contributed by atoms with Gasteiger partial charge in [-0.3, -0.25) is 0 Å². The Morgan fingerprint density at radius 2 is 1.71 bits per heavy atom. The van der Waals surface area contributed by atoms with Gasteiger partial charge in [-0.15, -0.1) is 0 Å². The van der Waals surface area contributed by atoms with Gasteiger partial charge in [0.2, 0.25) is 0 Å². The van der Waals surface area contributed by atoms with Crippen LogP contribution in [-0.2, 0) is 4.79 Å². The van der Waals surface area contributed by atoms with Crippen molar-refractivity contribution in [1.29, 1.82) is 0 Å². The molecule has 3 N–H and O–H groups in total. The molecule has 0 radical (unpaired) electrons. The molecule has 0 unspecified atom stereocenters. The molecule has 0 fully saturated rings. The fourth-order valence-corrected chi connectivity index (χ4v) is 1.56. The lowest BCUT2D eigenvalue weighted by atomic mass is 9.87. The highest BCUT2D eigenvalue weighted by atomic mass is 19.2. The van der Waals surface area contributed by atoms with E-state index >= 15 is 0 Å². The second kappa shape index (κ2) is 6.02. The number of rotatable bonds is 3. The standard InChI is InChI=1S/C13H15F3N2O3/c1-13(2,3)10(11(19)20)18-12(21)17-7-5-4-6(14)8(15)9(7)16/h4-5,10H,1-3H3,(H,19,20)(H2,17,18,21)/t10-/m0/s1. The Kier molecular flexibility index (Phi) is 4.82. The second-order valence-corrected chi connectivity index (χ2v) is 5.46. The van der Waals surface area contributed by atoms with Crippen LogP contribution in [0.2, 0.25) is 0 Å². The van der Waals surface area contributed by atoms with Gasteiger partial charge in [0.05, 0.1) is 5.69 Å². The summed E-state index contributed by atoms with van der Waals surface area (Å²) in [5, 5.41) is 13.1. The minimum atomic E-state index is -1.72. The van der Waals surface area contributed by atoms with Crippen molar-refractivity contribution in [3.05, 3.63) is 29.6 Å². The highest BCUT2D eigenvalue weighted by Crippen LogP contribution is 2.21. The fraction of sp³-hybridized carbons (Fsp3) is 0.385. The van der Waals surface area contributed by atoms with E-state index in [1.807, 2.05) is 5.32 Å². The van der Waals surface area contributed by atoms with Crippen LogP contribution in [0.25, 0.3) is 0 Å². The number of carboxylic acids is 1. The van der Waals surface area contributed by atoms with Crippen molar-refractivity contribution in [2.75, 3.05) is 5.32 Å². The molecular formula is C13H15F3N2O3. The number of aliphatic carboxylic acids is 1. The Bertz CT molecular complexity index is 571. The van der Waals surface area contributed by atoms with Gasteiger partial charge in [-0.1, -0.05) is 20.8 Å². The zero-order valence-corrected chi connectivity index (χ0v) is 11.6. The van der Waals surface area contributed by atoms with Gasteiger partial charge >= 0.3 is 12.0 Å². The van der Waals surface area contributed by atoms with E-state index in [2.05, 4.69) is 5.32 Å². The first-order chi connectivity index (χ1) is 9.54. The summed E-state index contributed by atoms with van der Waals surface area (Å²) in [5.74, 6) is -5.95. The van der Waals surface area contributed by atoms with Gasteiger partial charge in [-0.25, -0.2) is 22.8 Å². The Morgan fingerprint density at radius 3 is 2.19 bits per heavy atom. The number of halogens is 3. The van der Waals surface area contributed by atoms with Crippen molar-refractivity contribution in [1.82, 2.24) is 5.32 Å². The summed E-state index contributed by atoms with van der Waals surface area (Å²) in [6, 6.07) is -0.805. The Labute approximate surface area is 119 Å². The molecule has 116 valence electrons. The van der Waals surface area contributed by atoms with Crippen LogP contribution in [-0.4, -0.2) is 23.1 Å². The number of hydrogen-bond acceptors (Lipinski definition) is 2. The lowest BCUT2D eigenvalue weighted by molar-refractivity contribution is -0.141. The lowest BCUT2D eigenvalue weighted by Crippen LogP contribution is -2.50. The molecule has 0 aliphatic carbocycles. The molecular weight excluding hydrogens is 289 g/mol. The molecule has 0 aromatic heterocycles. The number of amides is 2. The van der Waals surface area contributed by atoms with Gasteiger partial charge in [0.15, 0.2) is 17.5 Å². The molecule has 0 saturated carbocycles. The largest absolute Gasteiger partial charge is 0.480 e. The highest BCUT2D eigenvalue weighted by molar-refractivity contribution is 5.92. The first kappa shape index (κ1) is 16.8. The monoisotopic (exact) mass is 304 g/mol. The molecule has 8 heteroatoms. The van der Waals surface area contributed by atoms with Crippen LogP contribution >= 0.6 is 0 Å². The summed E-state index contributed by atoms with van der Waals surface area (Å²) in [6.07, 6.45) is 0. The summed E-state index contributed by atoms with van der Waals surface area (Å²) in [5.41, 5.74) is -1.39. The molecule has 0 saturated heterocycles. The van der Waals surface area contributed by atoms with Gasteiger partial charge < -0.3 is 15.7 Å². The predicted octanol–water partition coefficient (Wildman–Crippen LogP) is 2.72. The summed E-state index contributed by atoms with van der Waals surface area (Å²) >= 11 is 0. The number of hydrogen-bond donors (Lipinski definition) is 3. The third kappa shape index (κ3) is 4.11. The number of anilines is 1. The smallest absolute Gasteiger partial charge is 0.326 e. The van der Waals surface area contributed by atoms with Crippen LogP contribution in [0.3, 0.4) is 0 Å². The molecule has 1 aromatic carbocycles. The summed E-state index contributed by atoms with van der Waals surface area (Å²) in [4.78, 5) is 22.7. The van der Waals surface area contributed by atoms with Crippen molar-refractivity contribution in [3.63, 3.8) is 0 Å². The molecule has 0 aliphatic rings. The molecule has 21 heavy (non-hydrogen) atoms. The topological polar surface area (TPSA) is 78.4 Å². The second-order valence-electron chi connectivity index (χ2n) is 5.46. The van der Waals surface area contributed by atoms with Crippen LogP contribution in [0.4, 0.5) is 23.7 Å². The normalized spacial score (nSPS) is 12.7. The SMILES string of the molecule is CC(C)(C)[C@@H](NC(=O)Nc1ccc(F)c(F)c1F)C(=O)O. The summed E-state index contributed by atoms with van der Waals surface area (Å²) in [7, 11) is 0. The maximum atomic E-state index is 13.4. The van der Waals surface area contributed by atoms with Crippen LogP contribution in [0.1, 0.15) is 20.8 Å². The zero-order chi connectivity index (χ0) is 16.4. The van der Waals surface area contributed by atoms with E-state index in [9.17, 15) is 22.8 Å². The fourth-order valence-electron chi connectivity index (χ4n) is 1.56. The van der Waals surface area contributed by atoms with E-state index in [4.69, 9.17) is 5.11 Å². The molecule has 2 amide bonds. The first-order valence-electron chi connectivity index (χ1n) is 5.98. The molecule has 1 aromatic rings. The quantitative estimate of drug-likeness (QED) is 0.751. The van der Waals surface area contributed by atoms with E-state index in [1.54, 1.807) is 20.8 Å². The number of carbonyl (C=O) groups excluding carboxylic acids is 1. The van der Waals surface area contributed by atoms with Crippen molar-refractivity contribution >= 4 is 17.7 Å². The van der Waals surface area contributed by atoms with Gasteiger partial charge in [0.25, 0.3) is 0 Å². The van der Waals surface area contributed by atoms with E-state index in [-0.39, 0.29) is 0 Å². The van der Waals surface area contributed by atoms with Crippen LogP contribution < -0.4 is 10.6 Å². The molecule has 1 rings (SSSR count). The predicted molar refractivity (Wildman–Crippen MR) is 69.3 cm³/mol. The number of carboxylic acid groups (broad SMARTS) is 1. The molecule has 5 nitrogen and oxygen atoms in total. The van der Waals surface area contributed by atoms with Crippen LogP contribution in [0.5, 0.6) is 0 Å². The van der Waals surface area contributed by atoms with E-state index < -0.39 is 46.6 Å². The zero-order valence-electron chi connectivity index (χ0n) is 11.6. The van der Waals surface area contributed by atoms with E-state index in [0.717, 1.165) is 6.07 Å². The van der Waals surface area contributed by atoms with Crippen LogP contribution in [0, 0.1) is 22.9 Å². The van der Waals surface area contributed by atoms with Crippen molar-refractivity contribution < 1.29 is 27.9 Å². The summed E-state index contributed by atoms with van der Waals surface area (Å²) in [6.45, 7) is 4.76. The Balaban J connectivity index is 2.87. The minimum Gasteiger partial charge on any atom is -0.480 e. The maximum absolute atomic E-state index is 13.4. The van der Waals surface area contributed by atoms with E-state index in [0.29, 0.717) is 6.07 Å².